The molecule has 6 N–H and O–H groups in total. The molecule has 0 saturated carbocycles. The van der Waals surface area contributed by atoms with E-state index in [1.807, 2.05) is 6.92 Å². The topological polar surface area (TPSA) is 78.1 Å². The van der Waals surface area contributed by atoms with E-state index < -0.39 is 6.92 Å². The summed E-state index contributed by atoms with van der Waals surface area (Å²) in [7, 11) is 0. The van der Waals surface area contributed by atoms with Crippen LogP contribution < -0.4 is 16.5 Å². The minimum Gasteiger partial charge on any atom is -0.165 e. The molecular formula is C2H11N3PS+. The van der Waals surface area contributed by atoms with Crippen LogP contribution in [-0.4, -0.2) is 5.75 Å². The van der Waals surface area contributed by atoms with Crippen molar-refractivity contribution in [3.8, 4) is 0 Å². The van der Waals surface area contributed by atoms with Crippen LogP contribution in [-0.2, 0) is 0 Å². The molecule has 0 radical (unpaired) electrons. The maximum Gasteiger partial charge on any atom is 0.275 e. The summed E-state index contributed by atoms with van der Waals surface area (Å²) in [5.41, 5.74) is 15.8. The molecule has 0 aliphatic heterocycles. The van der Waals surface area contributed by atoms with Crippen LogP contribution in [0.15, 0.2) is 0 Å². The van der Waals surface area contributed by atoms with E-state index in [0.717, 1.165) is 5.75 Å². The summed E-state index contributed by atoms with van der Waals surface area (Å²) in [6.45, 7) is -0.0209. The predicted octanol–water partition coefficient (Wildman–Crippen LogP) is 0.293. The van der Waals surface area contributed by atoms with E-state index in [0.29, 0.717) is 0 Å². The van der Waals surface area contributed by atoms with Gasteiger partial charge in [-0.1, -0.05) is 6.92 Å². The van der Waals surface area contributed by atoms with Crippen LogP contribution >= 0.6 is 18.3 Å². The fraction of sp³-hybridized carbons (Fsp3) is 1.00. The van der Waals surface area contributed by atoms with Gasteiger partial charge in [0.1, 0.15) is 0 Å². The van der Waals surface area contributed by atoms with Crippen LogP contribution in [0.5, 0.6) is 0 Å². The van der Waals surface area contributed by atoms with Gasteiger partial charge in [-0.05, 0) is 0 Å². The van der Waals surface area contributed by atoms with Crippen molar-refractivity contribution in [2.45, 2.75) is 6.92 Å². The van der Waals surface area contributed by atoms with E-state index in [-0.39, 0.29) is 0 Å². The van der Waals surface area contributed by atoms with Crippen LogP contribution in [0.2, 0.25) is 0 Å². The minimum absolute atomic E-state index is 0.900. The Morgan fingerprint density at radius 2 is 1.86 bits per heavy atom. The normalized spacial score (nSPS) is 12.0. The van der Waals surface area contributed by atoms with Gasteiger partial charge in [0.15, 0.2) is 0 Å². The molecule has 0 amide bonds. The highest BCUT2D eigenvalue weighted by Gasteiger charge is 2.20. The second-order valence-electron chi connectivity index (χ2n) is 1.18. The van der Waals surface area contributed by atoms with Crippen molar-refractivity contribution in [2.75, 3.05) is 5.75 Å². The lowest BCUT2D eigenvalue weighted by atomic mass is 11.0. The van der Waals surface area contributed by atoms with Gasteiger partial charge in [-0.2, -0.15) is 16.5 Å². The first-order valence-electron chi connectivity index (χ1n) is 1.95. The Kier molecular flexibility index (Phi) is 3.11. The van der Waals surface area contributed by atoms with Gasteiger partial charge < -0.3 is 0 Å². The Balaban J connectivity index is 3.15. The van der Waals surface area contributed by atoms with Crippen molar-refractivity contribution in [2.24, 2.45) is 16.5 Å². The molecule has 0 bridgehead atoms. The summed E-state index contributed by atoms with van der Waals surface area (Å²) >= 11 is 1.43. The fourth-order valence-corrected chi connectivity index (χ4v) is 2.01. The smallest absolute Gasteiger partial charge is 0.165 e. The van der Waals surface area contributed by atoms with Crippen molar-refractivity contribution in [1.29, 1.82) is 0 Å². The van der Waals surface area contributed by atoms with E-state index >= 15 is 0 Å². The average molecular weight is 140 g/mol. The van der Waals surface area contributed by atoms with Crippen LogP contribution in [0, 0.1) is 0 Å². The molecule has 3 nitrogen and oxygen atoms in total. The van der Waals surface area contributed by atoms with Crippen LogP contribution in [0.3, 0.4) is 0 Å². The summed E-state index contributed by atoms with van der Waals surface area (Å²) in [6, 6.07) is 0. The average Bonchev–Trinajstić information content (AvgIpc) is 1.30. The first-order chi connectivity index (χ1) is 3.06. The highest BCUT2D eigenvalue weighted by Crippen LogP contribution is 2.46. The largest absolute Gasteiger partial charge is 0.275 e. The first kappa shape index (κ1) is 7.66. The molecule has 0 spiro atoms. The lowest BCUT2D eigenvalue weighted by Crippen LogP contribution is -2.18. The Morgan fingerprint density at radius 1 is 1.43 bits per heavy atom. The third-order valence-corrected chi connectivity index (χ3v) is 3.17. The van der Waals surface area contributed by atoms with Gasteiger partial charge in [0, 0.05) is 5.75 Å². The van der Waals surface area contributed by atoms with Crippen molar-refractivity contribution < 1.29 is 0 Å². The summed E-state index contributed by atoms with van der Waals surface area (Å²) < 4.78 is 0. The maximum atomic E-state index is 5.28. The lowest BCUT2D eigenvalue weighted by molar-refractivity contribution is 1.53. The molecule has 0 unspecified atom stereocenters. The van der Waals surface area contributed by atoms with Crippen LogP contribution in [0.25, 0.3) is 0 Å². The number of hydrogen-bond donors (Lipinski definition) is 3. The molecule has 5 heteroatoms. The van der Waals surface area contributed by atoms with Gasteiger partial charge in [0.05, 0.1) is 11.4 Å². The molecule has 0 aromatic carbocycles. The Labute approximate surface area is 48.2 Å². The molecule has 44 valence electrons. The molecule has 0 atom stereocenters. The molecule has 0 heterocycles. The van der Waals surface area contributed by atoms with E-state index in [1.54, 1.807) is 0 Å². The third-order valence-electron chi connectivity index (χ3n) is 0.353. The SMILES string of the molecule is CCS[P+](N)(N)N. The van der Waals surface area contributed by atoms with E-state index in [2.05, 4.69) is 0 Å². The lowest BCUT2D eigenvalue weighted by Gasteiger charge is -2.02. The highest BCUT2D eigenvalue weighted by atomic mass is 32.7. The van der Waals surface area contributed by atoms with Crippen molar-refractivity contribution in [1.82, 2.24) is 0 Å². The van der Waals surface area contributed by atoms with E-state index in [4.69, 9.17) is 16.5 Å². The molecule has 0 aliphatic carbocycles. The Bertz CT molecular complexity index is 51.4. The molecular weight excluding hydrogens is 129 g/mol. The Hall–Kier alpha value is 0.660. The second kappa shape index (κ2) is 2.84. The zero-order valence-electron chi connectivity index (χ0n) is 4.29. The number of rotatable bonds is 2. The van der Waals surface area contributed by atoms with Crippen LogP contribution in [0.4, 0.5) is 0 Å². The minimum atomic E-state index is -2.00. The fourth-order valence-electron chi connectivity index (χ4n) is 0.224. The first-order valence-corrected chi connectivity index (χ1v) is 5.54. The standard InChI is InChI=1S/C2H11N3PS/c1-2-7-6(3,4)5/h2-5H2,1H3/q+1. The van der Waals surface area contributed by atoms with E-state index in [1.165, 1.54) is 11.4 Å². The highest BCUT2D eigenvalue weighted by molar-refractivity contribution is 8.60. The van der Waals surface area contributed by atoms with Gasteiger partial charge in [-0.3, -0.25) is 0 Å². The molecule has 7 heavy (non-hydrogen) atoms. The molecule has 0 aliphatic rings. The number of hydrogen-bond acceptors (Lipinski definition) is 4. The Morgan fingerprint density at radius 3 is 1.86 bits per heavy atom. The molecule has 0 fully saturated rings. The quantitative estimate of drug-likeness (QED) is 0.482. The third kappa shape index (κ3) is 6.66. The monoisotopic (exact) mass is 140 g/mol. The van der Waals surface area contributed by atoms with Gasteiger partial charge in [-0.25, -0.2) is 0 Å². The van der Waals surface area contributed by atoms with Crippen molar-refractivity contribution in [3.05, 3.63) is 0 Å². The summed E-state index contributed by atoms with van der Waals surface area (Å²) in [5, 5.41) is 0. The molecule has 0 saturated heterocycles. The van der Waals surface area contributed by atoms with E-state index in [9.17, 15) is 0 Å². The van der Waals surface area contributed by atoms with Gasteiger partial charge in [0.25, 0.3) is 6.92 Å². The summed E-state index contributed by atoms with van der Waals surface area (Å²) in [5.74, 6) is 0.900. The van der Waals surface area contributed by atoms with Crippen LogP contribution in [0.1, 0.15) is 6.92 Å². The van der Waals surface area contributed by atoms with Gasteiger partial charge in [0.2, 0.25) is 0 Å². The summed E-state index contributed by atoms with van der Waals surface area (Å²) in [6.07, 6.45) is 0. The maximum absolute atomic E-state index is 5.28. The molecule has 0 rings (SSSR count). The second-order valence-corrected chi connectivity index (χ2v) is 6.22. The summed E-state index contributed by atoms with van der Waals surface area (Å²) in [4.78, 5) is 0. The van der Waals surface area contributed by atoms with Crippen molar-refractivity contribution >= 4 is 18.3 Å². The van der Waals surface area contributed by atoms with Gasteiger partial charge >= 0.3 is 0 Å². The van der Waals surface area contributed by atoms with Gasteiger partial charge in [-0.15, -0.1) is 0 Å². The molecule has 0 aromatic heterocycles. The number of nitrogens with two attached hydrogens (primary N) is 3. The van der Waals surface area contributed by atoms with Crippen molar-refractivity contribution in [3.63, 3.8) is 0 Å². The zero-order chi connectivity index (χ0) is 5.91. The predicted molar refractivity (Wildman–Crippen MR) is 37.6 cm³/mol. The zero-order valence-corrected chi connectivity index (χ0v) is 6.01. The molecule has 0 aromatic rings.